The van der Waals surface area contributed by atoms with Crippen molar-refractivity contribution in [3.63, 3.8) is 0 Å². The lowest BCUT2D eigenvalue weighted by Crippen LogP contribution is -2.38. The van der Waals surface area contributed by atoms with Crippen LogP contribution in [0, 0.1) is 0 Å². The monoisotopic (exact) mass is 344 g/mol. The van der Waals surface area contributed by atoms with Crippen LogP contribution in [0.2, 0.25) is 0 Å². The first-order valence-corrected chi connectivity index (χ1v) is 8.78. The molecule has 0 heterocycles. The smallest absolute Gasteiger partial charge is 0.240 e. The summed E-state index contributed by atoms with van der Waals surface area (Å²) in [7, 11) is 3.83. The fourth-order valence-corrected chi connectivity index (χ4v) is 3.18. The Balaban J connectivity index is 1.82. The highest BCUT2D eigenvalue weighted by Gasteiger charge is 2.22. The molecule has 3 aromatic rings. The van der Waals surface area contributed by atoms with Gasteiger partial charge >= 0.3 is 0 Å². The normalized spacial score (nSPS) is 10.9. The number of nitrogens with zero attached hydrogens (tertiary/aromatic N) is 2. The molecule has 0 atom stereocenters. The van der Waals surface area contributed by atoms with E-state index in [4.69, 9.17) is 0 Å². The molecule has 0 spiro atoms. The lowest BCUT2D eigenvalue weighted by atomic mass is 9.97. The molecule has 0 aromatic heterocycles. The lowest BCUT2D eigenvalue weighted by molar-refractivity contribution is -0.119. The van der Waals surface area contributed by atoms with E-state index in [0.717, 1.165) is 5.69 Å². The van der Waals surface area contributed by atoms with Gasteiger partial charge in [-0.05, 0) is 30.3 Å². The number of hydrogen-bond donors (Lipinski definition) is 0. The minimum absolute atomic E-state index is 0.0329. The lowest BCUT2D eigenvalue weighted by Gasteiger charge is -2.30. The second-order valence-electron chi connectivity index (χ2n) is 6.43. The average Bonchev–Trinajstić information content (AvgIpc) is 2.70. The Bertz CT molecular complexity index is 779. The zero-order valence-electron chi connectivity index (χ0n) is 15.2. The molecule has 0 fully saturated rings. The molecule has 3 nitrogen and oxygen atoms in total. The van der Waals surface area contributed by atoms with Crippen LogP contribution in [0.5, 0.6) is 0 Å². The highest BCUT2D eigenvalue weighted by atomic mass is 16.2. The summed E-state index contributed by atoms with van der Waals surface area (Å²) in [5, 5.41) is 0. The number of benzene rings is 3. The Kier molecular flexibility index (Phi) is 5.82. The molecule has 0 saturated carbocycles. The Morgan fingerprint density at radius 2 is 1.15 bits per heavy atom. The van der Waals surface area contributed by atoms with Gasteiger partial charge in [0, 0.05) is 12.7 Å². The molecule has 0 aliphatic rings. The van der Waals surface area contributed by atoms with Crippen LogP contribution >= 0.6 is 0 Å². The van der Waals surface area contributed by atoms with Crippen LogP contribution in [0.4, 0.5) is 5.69 Å². The molecule has 0 unspecified atom stereocenters. The summed E-state index contributed by atoms with van der Waals surface area (Å²) in [5.41, 5.74) is 3.26. The first kappa shape index (κ1) is 17.9. The number of carbonyl (C=O) groups is 1. The van der Waals surface area contributed by atoms with E-state index in [-0.39, 0.29) is 11.9 Å². The van der Waals surface area contributed by atoms with Gasteiger partial charge in [-0.2, -0.15) is 0 Å². The molecule has 1 amide bonds. The van der Waals surface area contributed by atoms with E-state index in [9.17, 15) is 4.79 Å². The summed E-state index contributed by atoms with van der Waals surface area (Å²) in [6.45, 7) is 0.333. The van der Waals surface area contributed by atoms with E-state index in [2.05, 4.69) is 29.2 Å². The fourth-order valence-electron chi connectivity index (χ4n) is 3.18. The molecule has 3 heteroatoms. The summed E-state index contributed by atoms with van der Waals surface area (Å²) < 4.78 is 0. The quantitative estimate of drug-likeness (QED) is 0.663. The first-order valence-electron chi connectivity index (χ1n) is 8.78. The van der Waals surface area contributed by atoms with Gasteiger partial charge in [0.1, 0.15) is 0 Å². The van der Waals surface area contributed by atoms with Crippen LogP contribution in [0.25, 0.3) is 0 Å². The van der Waals surface area contributed by atoms with Crippen LogP contribution in [-0.2, 0) is 4.79 Å². The molecule has 0 saturated heterocycles. The number of para-hydroxylation sites is 1. The highest BCUT2D eigenvalue weighted by Crippen LogP contribution is 2.27. The number of hydrogen-bond acceptors (Lipinski definition) is 2. The van der Waals surface area contributed by atoms with Crippen LogP contribution in [0.3, 0.4) is 0 Å². The number of rotatable bonds is 6. The van der Waals surface area contributed by atoms with Gasteiger partial charge in [-0.3, -0.25) is 9.69 Å². The maximum Gasteiger partial charge on any atom is 0.240 e. The minimum atomic E-state index is 0.0329. The van der Waals surface area contributed by atoms with Gasteiger partial charge in [0.05, 0.1) is 12.6 Å². The molecule has 0 radical (unpaired) electrons. The van der Waals surface area contributed by atoms with Crippen molar-refractivity contribution in [1.82, 2.24) is 4.90 Å². The van der Waals surface area contributed by atoms with Crippen molar-refractivity contribution in [3.8, 4) is 0 Å². The van der Waals surface area contributed by atoms with E-state index in [0.29, 0.717) is 6.54 Å². The molecular weight excluding hydrogens is 320 g/mol. The third-order valence-electron chi connectivity index (χ3n) is 4.57. The molecule has 3 aromatic carbocycles. The number of likely N-dealkylation sites (N-methyl/N-ethyl adjacent to an activating group) is 2. The maximum atomic E-state index is 12.8. The van der Waals surface area contributed by atoms with E-state index < -0.39 is 0 Å². The second kappa shape index (κ2) is 8.45. The van der Waals surface area contributed by atoms with Gasteiger partial charge in [-0.15, -0.1) is 0 Å². The van der Waals surface area contributed by atoms with Crippen molar-refractivity contribution in [2.45, 2.75) is 6.04 Å². The average molecular weight is 344 g/mol. The molecule has 3 rings (SSSR count). The number of amides is 1. The molecule has 26 heavy (non-hydrogen) atoms. The van der Waals surface area contributed by atoms with Gasteiger partial charge in [-0.25, -0.2) is 0 Å². The van der Waals surface area contributed by atoms with Gasteiger partial charge < -0.3 is 4.90 Å². The zero-order chi connectivity index (χ0) is 18.4. The topological polar surface area (TPSA) is 23.6 Å². The molecule has 0 N–H and O–H groups in total. The van der Waals surface area contributed by atoms with E-state index >= 15 is 0 Å². The second-order valence-corrected chi connectivity index (χ2v) is 6.43. The number of anilines is 1. The minimum Gasteiger partial charge on any atom is -0.314 e. The van der Waals surface area contributed by atoms with E-state index in [1.807, 2.05) is 80.8 Å². The maximum absolute atomic E-state index is 12.8. The summed E-state index contributed by atoms with van der Waals surface area (Å²) in [5.74, 6) is 0.0653. The third-order valence-corrected chi connectivity index (χ3v) is 4.57. The standard InChI is InChI=1S/C23H24N2O/c1-24(18-22(26)25(2)21-16-10-5-11-17-21)23(19-12-6-3-7-13-19)20-14-8-4-9-15-20/h3-17,23H,18H2,1-2H3. The Hall–Kier alpha value is -2.91. The van der Waals surface area contributed by atoms with Gasteiger partial charge in [0.2, 0.25) is 5.91 Å². The predicted molar refractivity (Wildman–Crippen MR) is 107 cm³/mol. The molecule has 0 bridgehead atoms. The molecule has 0 aliphatic carbocycles. The Morgan fingerprint density at radius 1 is 0.731 bits per heavy atom. The van der Waals surface area contributed by atoms with Gasteiger partial charge in [0.25, 0.3) is 0 Å². The van der Waals surface area contributed by atoms with E-state index in [1.165, 1.54) is 11.1 Å². The summed E-state index contributed by atoms with van der Waals surface area (Å²) in [4.78, 5) is 16.6. The first-order chi connectivity index (χ1) is 12.7. The largest absolute Gasteiger partial charge is 0.314 e. The van der Waals surface area contributed by atoms with Gasteiger partial charge in [-0.1, -0.05) is 78.9 Å². The van der Waals surface area contributed by atoms with Crippen LogP contribution < -0.4 is 4.90 Å². The summed E-state index contributed by atoms with van der Waals surface area (Å²) in [6.07, 6.45) is 0. The van der Waals surface area contributed by atoms with Gasteiger partial charge in [0.15, 0.2) is 0 Å². The Morgan fingerprint density at radius 3 is 1.62 bits per heavy atom. The van der Waals surface area contributed by atoms with Crippen molar-refractivity contribution in [2.24, 2.45) is 0 Å². The van der Waals surface area contributed by atoms with Crippen molar-refractivity contribution in [1.29, 1.82) is 0 Å². The molecular formula is C23H24N2O. The van der Waals surface area contributed by atoms with Crippen LogP contribution in [-0.4, -0.2) is 31.4 Å². The highest BCUT2D eigenvalue weighted by molar-refractivity contribution is 5.94. The SMILES string of the molecule is CN(C(=O)CN(C)C(c1ccccc1)c1ccccc1)c1ccccc1. The van der Waals surface area contributed by atoms with E-state index in [1.54, 1.807) is 4.90 Å². The predicted octanol–water partition coefficient (Wildman–Crippen LogP) is 4.37. The van der Waals surface area contributed by atoms with Crippen LogP contribution in [0.15, 0.2) is 91.0 Å². The summed E-state index contributed by atoms with van der Waals surface area (Å²) in [6, 6.07) is 30.4. The molecule has 132 valence electrons. The Labute approximate surface area is 155 Å². The fraction of sp³-hybridized carbons (Fsp3) is 0.174. The number of carbonyl (C=O) groups excluding carboxylic acids is 1. The van der Waals surface area contributed by atoms with Crippen LogP contribution in [0.1, 0.15) is 17.2 Å². The molecule has 0 aliphatic heterocycles. The third kappa shape index (κ3) is 4.19. The van der Waals surface area contributed by atoms with Crippen molar-refractivity contribution in [2.75, 3.05) is 25.5 Å². The van der Waals surface area contributed by atoms with Crippen molar-refractivity contribution < 1.29 is 4.79 Å². The zero-order valence-corrected chi connectivity index (χ0v) is 15.2. The summed E-state index contributed by atoms with van der Waals surface area (Å²) >= 11 is 0. The van der Waals surface area contributed by atoms with Crippen molar-refractivity contribution in [3.05, 3.63) is 102 Å². The van der Waals surface area contributed by atoms with Crippen molar-refractivity contribution >= 4 is 11.6 Å².